The summed E-state index contributed by atoms with van der Waals surface area (Å²) >= 11 is 3.36. The minimum Gasteiger partial charge on any atom is -0.354 e. The van der Waals surface area contributed by atoms with Gasteiger partial charge in [0.05, 0.1) is 16.6 Å². The van der Waals surface area contributed by atoms with Crippen LogP contribution in [0.4, 0.5) is 5.69 Å². The Morgan fingerprint density at radius 3 is 2.55 bits per heavy atom. The largest absolute Gasteiger partial charge is 0.354 e. The molecule has 154 valence electrons. The van der Waals surface area contributed by atoms with Crippen molar-refractivity contribution >= 4 is 33.4 Å². The molecule has 4 aliphatic rings. The minimum absolute atomic E-state index is 0.00620. The van der Waals surface area contributed by atoms with Crippen molar-refractivity contribution < 1.29 is 9.59 Å². The first-order valence-corrected chi connectivity index (χ1v) is 10.8. The van der Waals surface area contributed by atoms with E-state index in [9.17, 15) is 9.59 Å². The summed E-state index contributed by atoms with van der Waals surface area (Å²) < 4.78 is 4.11. The lowest BCUT2D eigenvalue weighted by Crippen LogP contribution is -2.60. The summed E-state index contributed by atoms with van der Waals surface area (Å²) in [7, 11) is 3.30. The zero-order valence-electron chi connectivity index (χ0n) is 16.5. The van der Waals surface area contributed by atoms with Crippen LogP contribution in [-0.4, -0.2) is 43.4 Å². The molecule has 2 amide bonds. The number of anilines is 1. The molecule has 4 saturated carbocycles. The van der Waals surface area contributed by atoms with Gasteiger partial charge in [-0.3, -0.25) is 14.3 Å². The van der Waals surface area contributed by atoms with Crippen molar-refractivity contribution in [2.45, 2.75) is 44.1 Å². The molecule has 6 rings (SSSR count). The van der Waals surface area contributed by atoms with E-state index in [4.69, 9.17) is 0 Å². The van der Waals surface area contributed by atoms with Crippen molar-refractivity contribution in [1.82, 2.24) is 29.9 Å². The van der Waals surface area contributed by atoms with Gasteiger partial charge in [0.1, 0.15) is 6.33 Å². The van der Waals surface area contributed by atoms with Crippen molar-refractivity contribution in [2.24, 2.45) is 24.3 Å². The molecule has 0 aromatic carbocycles. The monoisotopic (exact) mass is 461 g/mol. The lowest BCUT2D eigenvalue weighted by Gasteiger charge is -2.60. The molecule has 0 saturated heterocycles. The second-order valence-corrected chi connectivity index (χ2v) is 9.73. The van der Waals surface area contributed by atoms with Crippen molar-refractivity contribution in [3.8, 4) is 0 Å². The topological polar surface area (TPSA) is 107 Å². The number of aromatic nitrogens is 5. The smallest absolute Gasteiger partial charge is 0.273 e. The predicted octanol–water partition coefficient (Wildman–Crippen LogP) is 2.07. The van der Waals surface area contributed by atoms with Gasteiger partial charge in [0.2, 0.25) is 10.6 Å². The molecule has 9 nitrogen and oxygen atoms in total. The third-order valence-corrected chi connectivity index (χ3v) is 7.34. The van der Waals surface area contributed by atoms with Crippen LogP contribution in [0.15, 0.2) is 17.3 Å². The quantitative estimate of drug-likeness (QED) is 0.724. The zero-order valence-corrected chi connectivity index (χ0v) is 18.1. The maximum Gasteiger partial charge on any atom is 0.273 e. The number of amides is 2. The van der Waals surface area contributed by atoms with E-state index >= 15 is 0 Å². The van der Waals surface area contributed by atoms with E-state index in [1.165, 1.54) is 6.42 Å². The number of carbonyl (C=O) groups excluding carboxylic acids is 2. The van der Waals surface area contributed by atoms with Crippen molar-refractivity contribution in [3.63, 3.8) is 0 Å². The van der Waals surface area contributed by atoms with Crippen LogP contribution in [0.5, 0.6) is 0 Å². The number of rotatable bonds is 4. The normalized spacial score (nSPS) is 32.4. The van der Waals surface area contributed by atoms with E-state index in [1.807, 2.05) is 4.68 Å². The Kier molecular flexibility index (Phi) is 4.13. The van der Waals surface area contributed by atoms with Gasteiger partial charge in [0.15, 0.2) is 5.69 Å². The number of hydrogen-bond donors (Lipinski definition) is 2. The molecule has 4 bridgehead atoms. The summed E-state index contributed by atoms with van der Waals surface area (Å²) in [6, 6.07) is 0. The van der Waals surface area contributed by atoms with Crippen LogP contribution in [0.3, 0.4) is 0 Å². The van der Waals surface area contributed by atoms with Crippen molar-refractivity contribution in [2.75, 3.05) is 12.4 Å². The summed E-state index contributed by atoms with van der Waals surface area (Å²) in [6.07, 6.45) is 9.29. The van der Waals surface area contributed by atoms with Gasteiger partial charge in [-0.1, -0.05) is 0 Å². The first-order chi connectivity index (χ1) is 13.8. The fourth-order valence-electron chi connectivity index (χ4n) is 6.34. The highest BCUT2D eigenvalue weighted by atomic mass is 79.9. The van der Waals surface area contributed by atoms with Crippen LogP contribution in [0.25, 0.3) is 0 Å². The molecule has 0 aliphatic heterocycles. The molecular formula is C19H24BrN7O2. The average Bonchev–Trinajstić information content (AvgIpc) is 3.26. The Bertz CT molecular complexity index is 983. The van der Waals surface area contributed by atoms with E-state index < -0.39 is 5.41 Å². The molecule has 29 heavy (non-hydrogen) atoms. The van der Waals surface area contributed by atoms with Gasteiger partial charge >= 0.3 is 0 Å². The van der Waals surface area contributed by atoms with Gasteiger partial charge < -0.3 is 10.6 Å². The maximum atomic E-state index is 13.6. The number of nitrogens with zero attached hydrogens (tertiary/aromatic N) is 5. The molecular weight excluding hydrogens is 438 g/mol. The Morgan fingerprint density at radius 2 is 1.93 bits per heavy atom. The molecule has 2 heterocycles. The second kappa shape index (κ2) is 6.38. The molecule has 2 N–H and O–H groups in total. The molecule has 10 heteroatoms. The average molecular weight is 462 g/mol. The second-order valence-electron chi connectivity index (χ2n) is 9.02. The predicted molar refractivity (Wildman–Crippen MR) is 108 cm³/mol. The van der Waals surface area contributed by atoms with Gasteiger partial charge in [0.25, 0.3) is 5.91 Å². The van der Waals surface area contributed by atoms with Gasteiger partial charge in [-0.2, -0.15) is 5.10 Å². The Hall–Kier alpha value is -2.23. The molecule has 2 aromatic rings. The Balaban J connectivity index is 1.47. The fourth-order valence-corrected chi connectivity index (χ4v) is 6.60. The van der Waals surface area contributed by atoms with Crippen LogP contribution in [0, 0.1) is 17.3 Å². The van der Waals surface area contributed by atoms with Gasteiger partial charge in [-0.05, 0) is 66.3 Å². The van der Waals surface area contributed by atoms with Gasteiger partial charge in [-0.15, -0.1) is 5.10 Å². The molecule has 2 aromatic heterocycles. The fraction of sp³-hybridized carbons (Fsp3) is 0.632. The van der Waals surface area contributed by atoms with Gasteiger partial charge in [0, 0.05) is 20.3 Å². The molecule has 4 fully saturated rings. The van der Waals surface area contributed by atoms with E-state index in [-0.39, 0.29) is 23.0 Å². The summed E-state index contributed by atoms with van der Waals surface area (Å²) in [5.74, 6) is 0.707. The van der Waals surface area contributed by atoms with E-state index in [1.54, 1.807) is 31.3 Å². The third kappa shape index (κ3) is 2.91. The molecule has 4 aliphatic carbocycles. The van der Waals surface area contributed by atoms with Crippen molar-refractivity contribution in [3.05, 3.63) is 23.0 Å². The number of halogens is 1. The maximum absolute atomic E-state index is 13.6. The first kappa shape index (κ1) is 18.8. The first-order valence-electron chi connectivity index (χ1n) is 9.97. The highest BCUT2D eigenvalue weighted by Gasteiger charge is 2.61. The summed E-state index contributed by atoms with van der Waals surface area (Å²) in [4.78, 5) is 30.0. The lowest BCUT2D eigenvalue weighted by atomic mass is 9.46. The van der Waals surface area contributed by atoms with E-state index in [2.05, 4.69) is 41.7 Å². The summed E-state index contributed by atoms with van der Waals surface area (Å²) in [5.41, 5.74) is 0.102. The van der Waals surface area contributed by atoms with Crippen LogP contribution < -0.4 is 10.6 Å². The van der Waals surface area contributed by atoms with E-state index in [0.29, 0.717) is 22.3 Å². The molecule has 0 radical (unpaired) electrons. The van der Waals surface area contributed by atoms with Gasteiger partial charge in [-0.25, -0.2) is 9.67 Å². The minimum atomic E-state index is -0.446. The van der Waals surface area contributed by atoms with Crippen LogP contribution in [0.1, 0.15) is 49.0 Å². The molecule has 2 atom stereocenters. The number of hydrogen-bond acceptors (Lipinski definition) is 5. The van der Waals surface area contributed by atoms with Crippen LogP contribution in [-0.2, 0) is 17.4 Å². The molecule has 2 unspecified atom stereocenters. The standard InChI is InChI=1S/C19H24BrN7O2/c1-21-15(28)14-13(8-26(2)24-14)23-16(29)18-4-11-3-12(5-18)7-19(6-11,9-18)27-10-22-17(20)25-27/h8,10-12H,3-7,9H2,1-2H3,(H,21,28)(H,23,29). The number of nitrogens with one attached hydrogen (secondary N) is 2. The highest BCUT2D eigenvalue weighted by Crippen LogP contribution is 2.64. The van der Waals surface area contributed by atoms with Crippen LogP contribution >= 0.6 is 15.9 Å². The lowest BCUT2D eigenvalue weighted by molar-refractivity contribution is -0.150. The third-order valence-electron chi connectivity index (χ3n) is 6.98. The summed E-state index contributed by atoms with van der Waals surface area (Å²) in [6.45, 7) is 0. The number of carbonyl (C=O) groups is 2. The molecule has 0 spiro atoms. The summed E-state index contributed by atoms with van der Waals surface area (Å²) in [5, 5.41) is 14.4. The Labute approximate surface area is 176 Å². The number of aryl methyl sites for hydroxylation is 1. The van der Waals surface area contributed by atoms with Crippen LogP contribution in [0.2, 0.25) is 0 Å². The van der Waals surface area contributed by atoms with E-state index in [0.717, 1.165) is 32.1 Å². The Morgan fingerprint density at radius 1 is 1.21 bits per heavy atom. The zero-order chi connectivity index (χ0) is 20.4. The highest BCUT2D eigenvalue weighted by molar-refractivity contribution is 9.10. The van der Waals surface area contributed by atoms with Crippen molar-refractivity contribution in [1.29, 1.82) is 0 Å². The SMILES string of the molecule is CNC(=O)c1nn(C)cc1NC(=O)C12CC3CC(C1)CC(n1cnc(Br)n1)(C3)C2.